The predicted molar refractivity (Wildman–Crippen MR) is 85.7 cm³/mol. The Hall–Kier alpha value is -1.54. The summed E-state index contributed by atoms with van der Waals surface area (Å²) in [5.74, 6) is 0.456. The Bertz CT molecular complexity index is 773. The van der Waals surface area contributed by atoms with Crippen molar-refractivity contribution < 1.29 is 12.9 Å². The lowest BCUT2D eigenvalue weighted by Gasteiger charge is -2.33. The van der Waals surface area contributed by atoms with E-state index < -0.39 is 9.84 Å². The lowest BCUT2D eigenvalue weighted by Crippen LogP contribution is -2.32. The molecule has 2 aromatic rings. The van der Waals surface area contributed by atoms with E-state index >= 15 is 0 Å². The van der Waals surface area contributed by atoms with Crippen LogP contribution in [-0.4, -0.2) is 36.6 Å². The zero-order valence-corrected chi connectivity index (χ0v) is 14.0. The van der Waals surface area contributed by atoms with Gasteiger partial charge in [-0.3, -0.25) is 0 Å². The third-order valence-corrected chi connectivity index (χ3v) is 5.17. The van der Waals surface area contributed by atoms with Crippen LogP contribution in [0.1, 0.15) is 18.6 Å². The van der Waals surface area contributed by atoms with Crippen molar-refractivity contribution in [2.45, 2.75) is 29.4 Å². The molecule has 1 aliphatic heterocycles. The number of hydrogen-bond acceptors (Lipinski definition) is 7. The van der Waals surface area contributed by atoms with E-state index in [4.69, 9.17) is 4.52 Å². The van der Waals surface area contributed by atoms with Crippen molar-refractivity contribution in [3.63, 3.8) is 0 Å². The second-order valence-corrected chi connectivity index (χ2v) is 9.07. The van der Waals surface area contributed by atoms with Crippen LogP contribution in [0.5, 0.6) is 0 Å². The van der Waals surface area contributed by atoms with E-state index in [-0.39, 0.29) is 11.6 Å². The second kappa shape index (κ2) is 5.92. The molecular weight excluding hydrogens is 322 g/mol. The summed E-state index contributed by atoms with van der Waals surface area (Å²) in [5.41, 5.74) is 1.15. The lowest BCUT2D eigenvalue weighted by atomic mass is 10.2. The van der Waals surface area contributed by atoms with E-state index in [2.05, 4.69) is 34.1 Å². The van der Waals surface area contributed by atoms with E-state index in [1.165, 1.54) is 4.90 Å². The molecule has 8 heteroatoms. The Morgan fingerprint density at radius 1 is 1.41 bits per heavy atom. The molecule has 1 aromatic carbocycles. The Morgan fingerprint density at radius 3 is 2.95 bits per heavy atom. The van der Waals surface area contributed by atoms with E-state index in [9.17, 15) is 8.42 Å². The van der Waals surface area contributed by atoms with Crippen molar-refractivity contribution in [3.05, 3.63) is 36.0 Å². The van der Waals surface area contributed by atoms with Crippen LogP contribution in [0.4, 0.5) is 5.69 Å². The minimum absolute atomic E-state index is 0.195. The molecule has 1 aromatic heterocycles. The number of hydrogen-bond donors (Lipinski definition) is 0. The summed E-state index contributed by atoms with van der Waals surface area (Å²) >= 11 is 1.85. The summed E-state index contributed by atoms with van der Waals surface area (Å²) in [5, 5.41) is 4.21. The zero-order chi connectivity index (χ0) is 15.7. The minimum Gasteiger partial charge on any atom is -0.360 e. The molecular formula is C14H17N3O3S2. The van der Waals surface area contributed by atoms with Crippen LogP contribution in [0.25, 0.3) is 0 Å². The van der Waals surface area contributed by atoms with Crippen LogP contribution in [0.2, 0.25) is 0 Å². The van der Waals surface area contributed by atoms with Crippen LogP contribution in [0.15, 0.2) is 33.7 Å². The lowest BCUT2D eigenvalue weighted by molar-refractivity contribution is 0.371. The molecule has 0 bridgehead atoms. The molecule has 0 saturated carbocycles. The summed E-state index contributed by atoms with van der Waals surface area (Å²) in [6.07, 6.45) is 1.16. The molecule has 0 N–H and O–H groups in total. The summed E-state index contributed by atoms with van der Waals surface area (Å²) < 4.78 is 27.7. The predicted octanol–water partition coefficient (Wildman–Crippen LogP) is 2.12. The van der Waals surface area contributed by atoms with Crippen molar-refractivity contribution in [2.75, 3.05) is 17.7 Å². The van der Waals surface area contributed by atoms with E-state index in [1.807, 2.05) is 23.9 Å². The third-order valence-electron chi connectivity index (χ3n) is 3.24. The molecule has 0 spiro atoms. The minimum atomic E-state index is -3.16. The highest BCUT2D eigenvalue weighted by Gasteiger charge is 2.24. The number of fused-ring (bicyclic) bond motifs is 1. The number of aromatic nitrogens is 2. The number of benzene rings is 1. The van der Waals surface area contributed by atoms with Crippen LogP contribution >= 0.6 is 11.8 Å². The SMILES string of the molecule is C[C@H]1CN(Cc2nc(CS(C)(=O)=O)no2)c2ccccc2S1. The molecule has 1 atom stereocenters. The van der Waals surface area contributed by atoms with E-state index in [1.54, 1.807) is 0 Å². The van der Waals surface area contributed by atoms with E-state index in [0.717, 1.165) is 18.5 Å². The summed E-state index contributed by atoms with van der Waals surface area (Å²) in [4.78, 5) is 7.60. The van der Waals surface area contributed by atoms with Crippen molar-refractivity contribution in [2.24, 2.45) is 0 Å². The molecule has 22 heavy (non-hydrogen) atoms. The number of nitrogens with zero attached hydrogens (tertiary/aromatic N) is 3. The number of anilines is 1. The first-order chi connectivity index (χ1) is 10.4. The first-order valence-electron chi connectivity index (χ1n) is 6.90. The molecule has 0 amide bonds. The molecule has 0 unspecified atom stereocenters. The molecule has 1 aliphatic rings. The first kappa shape index (κ1) is 15.4. The number of rotatable bonds is 4. The van der Waals surface area contributed by atoms with Gasteiger partial charge in [-0.1, -0.05) is 24.2 Å². The van der Waals surface area contributed by atoms with Crippen LogP contribution in [0, 0.1) is 0 Å². The van der Waals surface area contributed by atoms with Gasteiger partial charge in [-0.05, 0) is 12.1 Å². The van der Waals surface area contributed by atoms with Crippen LogP contribution in [-0.2, 0) is 22.1 Å². The summed E-state index contributed by atoms with van der Waals surface area (Å²) in [6, 6.07) is 8.21. The van der Waals surface area contributed by atoms with Crippen molar-refractivity contribution in [1.82, 2.24) is 10.1 Å². The highest BCUT2D eigenvalue weighted by molar-refractivity contribution is 8.00. The van der Waals surface area contributed by atoms with Crippen LogP contribution < -0.4 is 4.90 Å². The average Bonchev–Trinajstić information content (AvgIpc) is 2.83. The topological polar surface area (TPSA) is 76.3 Å². The Morgan fingerprint density at radius 2 is 2.18 bits per heavy atom. The molecule has 0 aliphatic carbocycles. The van der Waals surface area contributed by atoms with Gasteiger partial charge in [-0.15, -0.1) is 11.8 Å². The molecule has 0 saturated heterocycles. The highest BCUT2D eigenvalue weighted by Crippen LogP contribution is 2.38. The van der Waals surface area contributed by atoms with Gasteiger partial charge in [0, 0.05) is 22.9 Å². The van der Waals surface area contributed by atoms with Crippen LogP contribution in [0.3, 0.4) is 0 Å². The molecule has 0 fully saturated rings. The van der Waals surface area contributed by atoms with Gasteiger partial charge in [0.2, 0.25) is 5.89 Å². The van der Waals surface area contributed by atoms with Gasteiger partial charge in [0.25, 0.3) is 0 Å². The number of thioether (sulfide) groups is 1. The van der Waals surface area contributed by atoms with Gasteiger partial charge >= 0.3 is 0 Å². The summed E-state index contributed by atoms with van der Waals surface area (Å²) in [6.45, 7) is 3.54. The van der Waals surface area contributed by atoms with Gasteiger partial charge in [0.1, 0.15) is 5.75 Å². The first-order valence-corrected chi connectivity index (χ1v) is 9.84. The van der Waals surface area contributed by atoms with Gasteiger partial charge in [0.15, 0.2) is 15.7 Å². The fourth-order valence-corrected chi connectivity index (χ4v) is 4.19. The quantitative estimate of drug-likeness (QED) is 0.844. The van der Waals surface area contributed by atoms with Crippen molar-refractivity contribution >= 4 is 27.3 Å². The Labute approximate surface area is 133 Å². The van der Waals surface area contributed by atoms with Crippen molar-refractivity contribution in [3.8, 4) is 0 Å². The fraction of sp³-hybridized carbons (Fsp3) is 0.429. The van der Waals surface area contributed by atoms with Gasteiger partial charge in [-0.25, -0.2) is 8.42 Å². The summed E-state index contributed by atoms with van der Waals surface area (Å²) in [7, 11) is -3.16. The molecule has 3 rings (SSSR count). The molecule has 2 heterocycles. The average molecular weight is 339 g/mol. The maximum absolute atomic E-state index is 11.3. The molecule has 6 nitrogen and oxygen atoms in total. The maximum Gasteiger partial charge on any atom is 0.246 e. The van der Waals surface area contributed by atoms with Crippen molar-refractivity contribution in [1.29, 1.82) is 0 Å². The number of sulfone groups is 1. The van der Waals surface area contributed by atoms with Gasteiger partial charge in [-0.2, -0.15) is 4.98 Å². The normalized spacial score (nSPS) is 18.3. The van der Waals surface area contributed by atoms with E-state index in [0.29, 0.717) is 17.7 Å². The molecule has 0 radical (unpaired) electrons. The Kier molecular flexibility index (Phi) is 4.14. The monoisotopic (exact) mass is 339 g/mol. The second-order valence-electron chi connectivity index (χ2n) is 5.45. The third kappa shape index (κ3) is 3.61. The fourth-order valence-electron chi connectivity index (χ4n) is 2.44. The standard InChI is InChI=1S/C14H17N3O3S2/c1-10-7-17(11-5-3-4-6-12(11)21-10)8-14-15-13(16-20-14)9-22(2,18)19/h3-6,10H,7-9H2,1-2H3/t10-/m0/s1. The highest BCUT2D eigenvalue weighted by atomic mass is 32.2. The molecule has 118 valence electrons. The number of para-hydroxylation sites is 1. The largest absolute Gasteiger partial charge is 0.360 e. The zero-order valence-electron chi connectivity index (χ0n) is 12.4. The maximum atomic E-state index is 11.3. The van der Waals surface area contributed by atoms with Gasteiger partial charge in [0.05, 0.1) is 12.2 Å². The Balaban J connectivity index is 1.79. The van der Waals surface area contributed by atoms with Gasteiger partial charge < -0.3 is 9.42 Å². The smallest absolute Gasteiger partial charge is 0.246 e.